The summed E-state index contributed by atoms with van der Waals surface area (Å²) >= 11 is 0. The molecule has 0 saturated heterocycles. The molecule has 4 heterocycles. The average molecular weight is 392 g/mol. The Labute approximate surface area is 164 Å². The normalized spacial score (nSPS) is 12.4. The third-order valence-corrected chi connectivity index (χ3v) is 4.51. The van der Waals surface area contributed by atoms with Crippen molar-refractivity contribution < 1.29 is 18.7 Å². The van der Waals surface area contributed by atoms with E-state index in [4.69, 9.17) is 19.6 Å². The van der Waals surface area contributed by atoms with Crippen molar-refractivity contribution in [1.29, 1.82) is 0 Å². The molecule has 0 fully saturated rings. The number of carbonyl (C=O) groups is 1. The molecule has 0 unspecified atom stereocenters. The summed E-state index contributed by atoms with van der Waals surface area (Å²) in [6.07, 6.45) is 1.53. The Balaban J connectivity index is 1.41. The van der Waals surface area contributed by atoms with Crippen LogP contribution in [-0.2, 0) is 6.54 Å². The number of ether oxygens (including phenoxy) is 2. The molecular weight excluding hydrogens is 376 g/mol. The Morgan fingerprint density at radius 2 is 2.07 bits per heavy atom. The first-order chi connectivity index (χ1) is 14.1. The monoisotopic (exact) mass is 392 g/mol. The molecule has 1 amide bonds. The fourth-order valence-corrected chi connectivity index (χ4v) is 3.11. The molecule has 10 nitrogen and oxygen atoms in total. The van der Waals surface area contributed by atoms with Crippen LogP contribution in [0.1, 0.15) is 16.1 Å². The van der Waals surface area contributed by atoms with Crippen LogP contribution in [-0.4, -0.2) is 44.2 Å². The van der Waals surface area contributed by atoms with Crippen molar-refractivity contribution in [3.05, 3.63) is 53.9 Å². The van der Waals surface area contributed by atoms with Crippen LogP contribution in [0.4, 0.5) is 5.95 Å². The molecular formula is C19H16N6O4. The molecule has 1 aliphatic rings. The van der Waals surface area contributed by atoms with Gasteiger partial charge < -0.3 is 24.5 Å². The van der Waals surface area contributed by atoms with Crippen LogP contribution in [0.15, 0.2) is 47.1 Å². The van der Waals surface area contributed by atoms with Gasteiger partial charge in [-0.1, -0.05) is 6.07 Å². The molecule has 0 bridgehead atoms. The number of hydrogen-bond acceptors (Lipinski definition) is 8. The second-order valence-corrected chi connectivity index (χ2v) is 6.53. The molecule has 2 N–H and O–H groups in total. The lowest BCUT2D eigenvalue weighted by atomic mass is 10.2. The molecule has 1 aliphatic heterocycles. The van der Waals surface area contributed by atoms with Gasteiger partial charge in [0, 0.05) is 19.7 Å². The maximum Gasteiger partial charge on any atom is 0.272 e. The predicted molar refractivity (Wildman–Crippen MR) is 101 cm³/mol. The number of amides is 1. The van der Waals surface area contributed by atoms with E-state index in [9.17, 15) is 4.79 Å². The van der Waals surface area contributed by atoms with Crippen molar-refractivity contribution in [2.45, 2.75) is 6.54 Å². The average Bonchev–Trinajstić information content (AvgIpc) is 3.46. The lowest BCUT2D eigenvalue weighted by Crippen LogP contribution is -2.27. The van der Waals surface area contributed by atoms with E-state index in [1.165, 1.54) is 10.8 Å². The fraction of sp³-hybridized carbons (Fsp3) is 0.158. The standard InChI is InChI=1S/C19H16N6O4/c1-24(9-11-4-5-13-15(7-11)29-10-28-13)18(26)12-8-16-22-17(14-3-2-6-27-14)23-25(16)19(20)21-12/h2-8H,9-10H2,1H3,(H2,20,21). The van der Waals surface area contributed by atoms with Gasteiger partial charge in [-0.3, -0.25) is 4.79 Å². The van der Waals surface area contributed by atoms with Gasteiger partial charge in [0.25, 0.3) is 5.91 Å². The number of anilines is 1. The smallest absolute Gasteiger partial charge is 0.272 e. The molecule has 0 spiro atoms. The van der Waals surface area contributed by atoms with Crippen molar-refractivity contribution in [1.82, 2.24) is 24.5 Å². The molecule has 0 radical (unpaired) electrons. The van der Waals surface area contributed by atoms with Crippen molar-refractivity contribution in [3.8, 4) is 23.1 Å². The third kappa shape index (κ3) is 3.00. The van der Waals surface area contributed by atoms with E-state index >= 15 is 0 Å². The number of fused-ring (bicyclic) bond motifs is 2. The van der Waals surface area contributed by atoms with Crippen LogP contribution in [0.25, 0.3) is 17.2 Å². The van der Waals surface area contributed by atoms with Crippen LogP contribution < -0.4 is 15.2 Å². The lowest BCUT2D eigenvalue weighted by molar-refractivity contribution is 0.0779. The van der Waals surface area contributed by atoms with E-state index in [0.29, 0.717) is 35.3 Å². The summed E-state index contributed by atoms with van der Waals surface area (Å²) in [7, 11) is 1.69. The van der Waals surface area contributed by atoms with E-state index in [2.05, 4.69) is 15.1 Å². The number of carbonyl (C=O) groups excluding carboxylic acids is 1. The summed E-state index contributed by atoms with van der Waals surface area (Å²) in [5, 5.41) is 4.27. The number of nitrogens with two attached hydrogens (primary N) is 1. The topological polar surface area (TPSA) is 121 Å². The van der Waals surface area contributed by atoms with Gasteiger partial charge >= 0.3 is 0 Å². The molecule has 3 aromatic heterocycles. The predicted octanol–water partition coefficient (Wildman–Crippen LogP) is 1.97. The number of nitrogen functional groups attached to an aromatic ring is 1. The van der Waals surface area contributed by atoms with E-state index in [1.54, 1.807) is 30.1 Å². The number of nitrogens with zero attached hydrogens (tertiary/aromatic N) is 5. The molecule has 1 aromatic carbocycles. The number of furan rings is 1. The van der Waals surface area contributed by atoms with E-state index in [0.717, 1.165) is 5.56 Å². The number of hydrogen-bond donors (Lipinski definition) is 1. The second-order valence-electron chi connectivity index (χ2n) is 6.53. The van der Waals surface area contributed by atoms with E-state index < -0.39 is 0 Å². The van der Waals surface area contributed by atoms with Crippen LogP contribution >= 0.6 is 0 Å². The zero-order valence-electron chi connectivity index (χ0n) is 15.4. The Hall–Kier alpha value is -4.08. The summed E-state index contributed by atoms with van der Waals surface area (Å²) < 4.78 is 17.4. The first-order valence-corrected chi connectivity index (χ1v) is 8.79. The SMILES string of the molecule is CN(Cc1ccc2c(c1)OCO2)C(=O)c1cc2nc(-c3ccco3)nn2c(N)n1. The van der Waals surface area contributed by atoms with Gasteiger partial charge in [0.1, 0.15) is 5.69 Å². The quantitative estimate of drug-likeness (QED) is 0.559. The Bertz CT molecular complexity index is 1220. The highest BCUT2D eigenvalue weighted by molar-refractivity contribution is 5.93. The van der Waals surface area contributed by atoms with E-state index in [1.807, 2.05) is 18.2 Å². The van der Waals surface area contributed by atoms with Crippen molar-refractivity contribution in [3.63, 3.8) is 0 Å². The molecule has 0 saturated carbocycles. The first-order valence-electron chi connectivity index (χ1n) is 8.79. The molecule has 4 aromatic rings. The summed E-state index contributed by atoms with van der Waals surface area (Å²) in [4.78, 5) is 23.0. The summed E-state index contributed by atoms with van der Waals surface area (Å²) in [6, 6.07) is 10.6. The number of aromatic nitrogens is 4. The molecule has 10 heteroatoms. The van der Waals surface area contributed by atoms with Crippen molar-refractivity contribution in [2.75, 3.05) is 19.6 Å². The number of benzene rings is 1. The van der Waals surface area contributed by atoms with Crippen LogP contribution in [0.3, 0.4) is 0 Å². The van der Waals surface area contributed by atoms with E-state index in [-0.39, 0.29) is 24.3 Å². The van der Waals surface area contributed by atoms with Crippen LogP contribution in [0.5, 0.6) is 11.5 Å². The Morgan fingerprint density at radius 3 is 2.90 bits per heavy atom. The van der Waals surface area contributed by atoms with Crippen LogP contribution in [0.2, 0.25) is 0 Å². The van der Waals surface area contributed by atoms with Crippen LogP contribution in [0, 0.1) is 0 Å². The first kappa shape index (κ1) is 17.0. The van der Waals surface area contributed by atoms with Gasteiger partial charge in [-0.15, -0.1) is 5.10 Å². The molecule has 29 heavy (non-hydrogen) atoms. The minimum Gasteiger partial charge on any atom is -0.461 e. The zero-order valence-corrected chi connectivity index (χ0v) is 15.4. The highest BCUT2D eigenvalue weighted by Gasteiger charge is 2.20. The summed E-state index contributed by atoms with van der Waals surface area (Å²) in [5.74, 6) is 2.00. The third-order valence-electron chi connectivity index (χ3n) is 4.51. The Morgan fingerprint density at radius 1 is 1.21 bits per heavy atom. The molecule has 146 valence electrons. The molecule has 0 aliphatic carbocycles. The Kier molecular flexibility index (Phi) is 3.83. The minimum absolute atomic E-state index is 0.0626. The lowest BCUT2D eigenvalue weighted by Gasteiger charge is -2.17. The van der Waals surface area contributed by atoms with Gasteiger partial charge in [-0.2, -0.15) is 4.52 Å². The molecule has 0 atom stereocenters. The summed E-state index contributed by atoms with van der Waals surface area (Å²) in [6.45, 7) is 0.571. The van der Waals surface area contributed by atoms with Gasteiger partial charge in [0.05, 0.1) is 6.26 Å². The van der Waals surface area contributed by atoms with Crippen molar-refractivity contribution in [2.24, 2.45) is 0 Å². The minimum atomic E-state index is -0.292. The highest BCUT2D eigenvalue weighted by Crippen LogP contribution is 2.32. The highest BCUT2D eigenvalue weighted by atomic mass is 16.7. The maximum absolute atomic E-state index is 12.9. The van der Waals surface area contributed by atoms with Gasteiger partial charge in [0.15, 0.2) is 22.9 Å². The fourth-order valence-electron chi connectivity index (χ4n) is 3.11. The largest absolute Gasteiger partial charge is 0.461 e. The van der Waals surface area contributed by atoms with Gasteiger partial charge in [-0.25, -0.2) is 9.97 Å². The zero-order chi connectivity index (χ0) is 20.0. The second kappa shape index (κ2) is 6.51. The van der Waals surface area contributed by atoms with Crippen molar-refractivity contribution >= 4 is 17.5 Å². The number of rotatable bonds is 4. The summed E-state index contributed by atoms with van der Waals surface area (Å²) in [5.41, 5.74) is 7.48. The van der Waals surface area contributed by atoms with Gasteiger partial charge in [0.2, 0.25) is 18.6 Å². The maximum atomic E-state index is 12.9. The van der Waals surface area contributed by atoms with Gasteiger partial charge in [-0.05, 0) is 29.8 Å². The molecule has 5 rings (SSSR count).